The van der Waals surface area contributed by atoms with E-state index in [2.05, 4.69) is 29.2 Å². The third kappa shape index (κ3) is 3.06. The maximum Gasteiger partial charge on any atom is 0.226 e. The number of hydrogen-bond acceptors (Lipinski definition) is 1. The molecule has 1 saturated carbocycles. The number of nitrogens with zero attached hydrogens (tertiary/aromatic N) is 1. The van der Waals surface area contributed by atoms with Crippen molar-refractivity contribution in [2.75, 3.05) is 13.1 Å². The summed E-state index contributed by atoms with van der Waals surface area (Å²) in [5.41, 5.74) is 1.32. The standard InChI is InChI=1S/C20H24ClNO/c21-18-8-6-15(7-9-18)17-3-1-2-10-22(13-17)20(23)19-12-14-4-5-16(19)11-14/h4-9,14,16-17,19H,1-3,10-13H2. The highest BCUT2D eigenvalue weighted by molar-refractivity contribution is 6.30. The minimum Gasteiger partial charge on any atom is -0.342 e. The number of amides is 1. The molecule has 1 aliphatic heterocycles. The first-order valence-corrected chi connectivity index (χ1v) is 9.31. The average Bonchev–Trinajstić information content (AvgIpc) is 3.11. The van der Waals surface area contributed by atoms with Crippen LogP contribution in [-0.2, 0) is 4.79 Å². The third-order valence-electron chi connectivity index (χ3n) is 5.92. The molecule has 1 saturated heterocycles. The Kier molecular flexibility index (Phi) is 4.19. The molecule has 0 radical (unpaired) electrons. The number of halogens is 1. The van der Waals surface area contributed by atoms with Gasteiger partial charge in [0.05, 0.1) is 0 Å². The Bertz CT molecular complexity index is 609. The van der Waals surface area contributed by atoms with Crippen molar-refractivity contribution >= 4 is 17.5 Å². The summed E-state index contributed by atoms with van der Waals surface area (Å²) in [6, 6.07) is 8.19. The molecule has 0 spiro atoms. The zero-order valence-corrected chi connectivity index (χ0v) is 14.2. The minimum absolute atomic E-state index is 0.244. The van der Waals surface area contributed by atoms with Crippen LogP contribution in [-0.4, -0.2) is 23.9 Å². The van der Waals surface area contributed by atoms with Crippen LogP contribution in [0.25, 0.3) is 0 Å². The molecule has 1 aromatic rings. The summed E-state index contributed by atoms with van der Waals surface area (Å²) in [5, 5.41) is 0.782. The topological polar surface area (TPSA) is 20.3 Å². The highest BCUT2D eigenvalue weighted by Gasteiger charge is 2.41. The van der Waals surface area contributed by atoms with Gasteiger partial charge in [0, 0.05) is 29.9 Å². The van der Waals surface area contributed by atoms with Crippen molar-refractivity contribution in [2.45, 2.75) is 38.0 Å². The summed E-state index contributed by atoms with van der Waals surface area (Å²) in [5.74, 6) is 2.27. The van der Waals surface area contributed by atoms with Gasteiger partial charge < -0.3 is 4.90 Å². The molecule has 3 aliphatic rings. The molecule has 2 aliphatic carbocycles. The highest BCUT2D eigenvalue weighted by atomic mass is 35.5. The van der Waals surface area contributed by atoms with Crippen LogP contribution in [0, 0.1) is 17.8 Å². The van der Waals surface area contributed by atoms with Gasteiger partial charge in [-0.3, -0.25) is 4.79 Å². The summed E-state index contributed by atoms with van der Waals surface area (Å²) in [4.78, 5) is 15.2. The first-order chi connectivity index (χ1) is 11.2. The quantitative estimate of drug-likeness (QED) is 0.723. The van der Waals surface area contributed by atoms with Gasteiger partial charge in [0.1, 0.15) is 0 Å². The van der Waals surface area contributed by atoms with Crippen LogP contribution in [0.1, 0.15) is 43.6 Å². The number of carbonyl (C=O) groups is 1. The number of benzene rings is 1. The molecule has 4 atom stereocenters. The monoisotopic (exact) mass is 329 g/mol. The Balaban J connectivity index is 1.48. The van der Waals surface area contributed by atoms with E-state index in [1.807, 2.05) is 12.1 Å². The molecule has 1 amide bonds. The third-order valence-corrected chi connectivity index (χ3v) is 6.17. The molecule has 1 heterocycles. The van der Waals surface area contributed by atoms with E-state index < -0.39 is 0 Å². The Morgan fingerprint density at radius 3 is 2.61 bits per heavy atom. The molecule has 122 valence electrons. The van der Waals surface area contributed by atoms with Crippen molar-refractivity contribution in [1.29, 1.82) is 0 Å². The Morgan fingerprint density at radius 1 is 1.09 bits per heavy atom. The second-order valence-electron chi connectivity index (χ2n) is 7.42. The van der Waals surface area contributed by atoms with E-state index in [1.54, 1.807) is 0 Å². The molecular formula is C20H24ClNO. The molecule has 2 bridgehead atoms. The van der Waals surface area contributed by atoms with E-state index in [1.165, 1.54) is 24.8 Å². The van der Waals surface area contributed by atoms with E-state index in [-0.39, 0.29) is 5.92 Å². The van der Waals surface area contributed by atoms with Crippen molar-refractivity contribution in [2.24, 2.45) is 17.8 Å². The number of rotatable bonds is 2. The van der Waals surface area contributed by atoms with E-state index >= 15 is 0 Å². The van der Waals surface area contributed by atoms with Gasteiger partial charge in [0.25, 0.3) is 0 Å². The molecule has 0 N–H and O–H groups in total. The van der Waals surface area contributed by atoms with E-state index in [0.717, 1.165) is 31.0 Å². The van der Waals surface area contributed by atoms with Crippen LogP contribution in [0.3, 0.4) is 0 Å². The molecule has 4 unspecified atom stereocenters. The zero-order valence-electron chi connectivity index (χ0n) is 13.5. The van der Waals surface area contributed by atoms with Crippen LogP contribution < -0.4 is 0 Å². The van der Waals surface area contributed by atoms with Crippen LogP contribution in [0.15, 0.2) is 36.4 Å². The van der Waals surface area contributed by atoms with Crippen LogP contribution >= 0.6 is 11.6 Å². The smallest absolute Gasteiger partial charge is 0.226 e. The zero-order chi connectivity index (χ0) is 15.8. The van der Waals surface area contributed by atoms with Gasteiger partial charge in [0.15, 0.2) is 0 Å². The van der Waals surface area contributed by atoms with E-state index in [9.17, 15) is 4.79 Å². The second-order valence-corrected chi connectivity index (χ2v) is 7.85. The average molecular weight is 330 g/mol. The summed E-state index contributed by atoms with van der Waals surface area (Å²) < 4.78 is 0. The summed E-state index contributed by atoms with van der Waals surface area (Å²) in [7, 11) is 0. The fourth-order valence-electron chi connectivity index (χ4n) is 4.65. The number of hydrogen-bond donors (Lipinski definition) is 0. The number of carbonyl (C=O) groups excluding carboxylic acids is 1. The minimum atomic E-state index is 0.244. The van der Waals surface area contributed by atoms with Crippen molar-refractivity contribution in [1.82, 2.24) is 4.90 Å². The van der Waals surface area contributed by atoms with E-state index in [4.69, 9.17) is 11.6 Å². The molecule has 2 fully saturated rings. The first kappa shape index (κ1) is 15.3. The van der Waals surface area contributed by atoms with Crippen molar-refractivity contribution in [3.05, 3.63) is 47.0 Å². The second kappa shape index (κ2) is 6.32. The lowest BCUT2D eigenvalue weighted by Gasteiger charge is -2.29. The van der Waals surface area contributed by atoms with Gasteiger partial charge >= 0.3 is 0 Å². The lowest BCUT2D eigenvalue weighted by molar-refractivity contribution is -0.136. The Hall–Kier alpha value is -1.28. The predicted molar refractivity (Wildman–Crippen MR) is 93.5 cm³/mol. The summed E-state index contributed by atoms with van der Waals surface area (Å²) in [6.45, 7) is 1.80. The summed E-state index contributed by atoms with van der Waals surface area (Å²) >= 11 is 6.01. The van der Waals surface area contributed by atoms with Gasteiger partial charge in [-0.1, -0.05) is 42.3 Å². The molecule has 2 nitrogen and oxygen atoms in total. The van der Waals surface area contributed by atoms with Gasteiger partial charge in [-0.25, -0.2) is 0 Å². The molecule has 23 heavy (non-hydrogen) atoms. The molecule has 0 aromatic heterocycles. The van der Waals surface area contributed by atoms with Gasteiger partial charge in [0.2, 0.25) is 5.91 Å². The maximum atomic E-state index is 13.0. The van der Waals surface area contributed by atoms with Crippen molar-refractivity contribution in [3.8, 4) is 0 Å². The highest BCUT2D eigenvalue weighted by Crippen LogP contribution is 2.44. The molecule has 4 rings (SSSR count). The Morgan fingerprint density at radius 2 is 1.91 bits per heavy atom. The summed E-state index contributed by atoms with van der Waals surface area (Å²) in [6.07, 6.45) is 10.4. The lowest BCUT2D eigenvalue weighted by Crippen LogP contribution is -2.39. The van der Waals surface area contributed by atoms with Crippen molar-refractivity contribution in [3.63, 3.8) is 0 Å². The van der Waals surface area contributed by atoms with Crippen molar-refractivity contribution < 1.29 is 4.79 Å². The largest absolute Gasteiger partial charge is 0.342 e. The van der Waals surface area contributed by atoms with Gasteiger partial charge in [-0.05, 0) is 55.2 Å². The van der Waals surface area contributed by atoms with Crippen LogP contribution in [0.4, 0.5) is 0 Å². The van der Waals surface area contributed by atoms with Crippen LogP contribution in [0.2, 0.25) is 5.02 Å². The van der Waals surface area contributed by atoms with E-state index in [0.29, 0.717) is 23.7 Å². The fraction of sp³-hybridized carbons (Fsp3) is 0.550. The molecule has 3 heteroatoms. The Labute approximate surface area is 143 Å². The maximum absolute atomic E-state index is 13.0. The first-order valence-electron chi connectivity index (χ1n) is 8.93. The lowest BCUT2D eigenvalue weighted by atomic mass is 9.91. The molecule has 1 aromatic carbocycles. The predicted octanol–water partition coefficient (Wildman–Crippen LogP) is 4.65. The van der Waals surface area contributed by atoms with Crippen LogP contribution in [0.5, 0.6) is 0 Å². The number of likely N-dealkylation sites (tertiary alicyclic amines) is 1. The van der Waals surface area contributed by atoms with Gasteiger partial charge in [-0.15, -0.1) is 0 Å². The number of fused-ring (bicyclic) bond motifs is 2. The van der Waals surface area contributed by atoms with Gasteiger partial charge in [-0.2, -0.15) is 0 Å². The number of allylic oxidation sites excluding steroid dienone is 2. The molecular weight excluding hydrogens is 306 g/mol. The normalized spacial score (nSPS) is 33.0. The SMILES string of the molecule is O=C(C1CC2C=CC1C2)N1CCCCC(c2ccc(Cl)cc2)C1. The fourth-order valence-corrected chi connectivity index (χ4v) is 4.77.